The van der Waals surface area contributed by atoms with Crippen LogP contribution in [0.1, 0.15) is 5.82 Å². The van der Waals surface area contributed by atoms with Gasteiger partial charge in [-0.2, -0.15) is 11.3 Å². The van der Waals surface area contributed by atoms with Crippen molar-refractivity contribution in [1.82, 2.24) is 24.5 Å². The first kappa shape index (κ1) is 13.4. The summed E-state index contributed by atoms with van der Waals surface area (Å²) in [6, 6.07) is 1.98. The van der Waals surface area contributed by atoms with Gasteiger partial charge in [-0.1, -0.05) is 5.21 Å². The van der Waals surface area contributed by atoms with Crippen LogP contribution >= 0.6 is 11.3 Å². The molecule has 3 aromatic rings. The van der Waals surface area contributed by atoms with E-state index < -0.39 is 4.92 Å². The number of nitro groups is 1. The molecule has 3 aromatic heterocycles. The van der Waals surface area contributed by atoms with Crippen LogP contribution in [0.25, 0.3) is 11.3 Å². The lowest BCUT2D eigenvalue weighted by atomic mass is 10.3. The number of rotatable bonds is 5. The molecule has 0 spiro atoms. The van der Waals surface area contributed by atoms with Crippen molar-refractivity contribution in [3.05, 3.63) is 45.2 Å². The van der Waals surface area contributed by atoms with Crippen molar-refractivity contribution in [2.45, 2.75) is 20.0 Å². The molecule has 8 nitrogen and oxygen atoms in total. The number of hydrogen-bond acceptors (Lipinski definition) is 6. The Balaban J connectivity index is 1.74. The summed E-state index contributed by atoms with van der Waals surface area (Å²) in [5, 5.41) is 23.0. The molecule has 0 fully saturated rings. The van der Waals surface area contributed by atoms with Crippen molar-refractivity contribution < 1.29 is 4.92 Å². The predicted octanol–water partition coefficient (Wildman–Crippen LogP) is 2.12. The minimum atomic E-state index is -0.432. The molecule has 0 aliphatic carbocycles. The summed E-state index contributed by atoms with van der Waals surface area (Å²) in [5.74, 6) is 0.602. The summed E-state index contributed by atoms with van der Waals surface area (Å²) >= 11 is 1.60. The van der Waals surface area contributed by atoms with Gasteiger partial charge in [0, 0.05) is 17.9 Å². The van der Waals surface area contributed by atoms with E-state index in [0.717, 1.165) is 11.3 Å². The molecular weight excluding hydrogens is 292 g/mol. The van der Waals surface area contributed by atoms with Gasteiger partial charge in [-0.15, -0.1) is 5.10 Å². The second-order valence-corrected chi connectivity index (χ2v) is 5.23. The highest BCUT2D eigenvalue weighted by Crippen LogP contribution is 2.19. The number of aromatic nitrogens is 5. The zero-order valence-electron chi connectivity index (χ0n) is 11.2. The summed E-state index contributed by atoms with van der Waals surface area (Å²) in [7, 11) is 0. The minimum Gasteiger partial charge on any atom is -0.358 e. The molecule has 0 atom stereocenters. The fourth-order valence-corrected chi connectivity index (χ4v) is 2.68. The average molecular weight is 304 g/mol. The Kier molecular flexibility index (Phi) is 3.48. The molecule has 0 radical (unpaired) electrons. The molecule has 3 rings (SSSR count). The largest absolute Gasteiger partial charge is 0.358 e. The molecule has 0 aliphatic heterocycles. The van der Waals surface area contributed by atoms with Gasteiger partial charge in [-0.3, -0.25) is 0 Å². The Labute approximate surface area is 123 Å². The molecule has 3 heterocycles. The zero-order chi connectivity index (χ0) is 14.8. The SMILES string of the molecule is Cc1ncc([N+](=O)[O-])n1CCn1cc(-c2ccsc2)nn1. The Bertz CT molecular complexity index is 761. The fourth-order valence-electron chi connectivity index (χ4n) is 2.03. The number of hydrogen-bond donors (Lipinski definition) is 0. The monoisotopic (exact) mass is 304 g/mol. The summed E-state index contributed by atoms with van der Waals surface area (Å²) < 4.78 is 3.24. The normalized spacial score (nSPS) is 10.9. The lowest BCUT2D eigenvalue weighted by molar-refractivity contribution is -0.392. The van der Waals surface area contributed by atoms with Crippen LogP contribution in [0.5, 0.6) is 0 Å². The maximum absolute atomic E-state index is 10.9. The van der Waals surface area contributed by atoms with Gasteiger partial charge in [0.25, 0.3) is 0 Å². The van der Waals surface area contributed by atoms with Crippen molar-refractivity contribution >= 4 is 17.2 Å². The first-order valence-electron chi connectivity index (χ1n) is 6.24. The van der Waals surface area contributed by atoms with Gasteiger partial charge in [0.05, 0.1) is 12.7 Å². The van der Waals surface area contributed by atoms with Gasteiger partial charge in [-0.25, -0.2) is 14.2 Å². The van der Waals surface area contributed by atoms with Crippen molar-refractivity contribution in [2.75, 3.05) is 0 Å². The lowest BCUT2D eigenvalue weighted by Crippen LogP contribution is -2.11. The van der Waals surface area contributed by atoms with Crippen molar-refractivity contribution in [1.29, 1.82) is 0 Å². The van der Waals surface area contributed by atoms with Crippen molar-refractivity contribution in [2.24, 2.45) is 0 Å². The predicted molar refractivity (Wildman–Crippen MR) is 77.0 cm³/mol. The minimum absolute atomic E-state index is 0.00864. The third-order valence-corrected chi connectivity index (χ3v) is 3.81. The van der Waals surface area contributed by atoms with Crippen LogP contribution in [0.4, 0.5) is 5.82 Å². The summed E-state index contributed by atoms with van der Waals surface area (Å²) in [6.07, 6.45) is 3.10. The highest BCUT2D eigenvalue weighted by atomic mass is 32.1. The van der Waals surface area contributed by atoms with E-state index in [1.54, 1.807) is 27.5 Å². The highest BCUT2D eigenvalue weighted by Gasteiger charge is 2.17. The van der Waals surface area contributed by atoms with Crippen LogP contribution in [0.3, 0.4) is 0 Å². The number of aryl methyl sites for hydroxylation is 2. The van der Waals surface area contributed by atoms with Crippen molar-refractivity contribution in [3.63, 3.8) is 0 Å². The fraction of sp³-hybridized carbons (Fsp3) is 0.250. The van der Waals surface area contributed by atoms with Crippen LogP contribution in [0.15, 0.2) is 29.2 Å². The van der Waals surface area contributed by atoms with Crippen LogP contribution in [0, 0.1) is 17.0 Å². The molecule has 0 aliphatic rings. The van der Waals surface area contributed by atoms with Gasteiger partial charge in [0.2, 0.25) is 0 Å². The molecule has 0 unspecified atom stereocenters. The Morgan fingerprint density at radius 2 is 2.29 bits per heavy atom. The van der Waals surface area contributed by atoms with E-state index in [-0.39, 0.29) is 5.82 Å². The standard InChI is InChI=1S/C12H12N6O2S/c1-9-13-6-12(18(19)20)17(9)4-3-16-7-11(14-15-16)10-2-5-21-8-10/h2,5-8H,3-4H2,1H3. The summed E-state index contributed by atoms with van der Waals surface area (Å²) in [5.41, 5.74) is 1.82. The Morgan fingerprint density at radius 3 is 3.00 bits per heavy atom. The molecule has 0 N–H and O–H groups in total. The summed E-state index contributed by atoms with van der Waals surface area (Å²) in [6.45, 7) is 2.66. The average Bonchev–Trinajstić information content (AvgIpc) is 3.16. The van der Waals surface area contributed by atoms with E-state index in [0.29, 0.717) is 18.9 Å². The Hall–Kier alpha value is -2.55. The van der Waals surface area contributed by atoms with Crippen molar-refractivity contribution in [3.8, 4) is 11.3 Å². The molecule has 9 heteroatoms. The van der Waals surface area contributed by atoms with E-state index in [1.807, 2.05) is 23.0 Å². The van der Waals surface area contributed by atoms with Crippen LogP contribution in [-0.4, -0.2) is 29.5 Å². The molecule has 0 amide bonds. The number of nitrogens with zero attached hydrogens (tertiary/aromatic N) is 6. The third kappa shape index (κ3) is 2.68. The molecular formula is C12H12N6O2S. The first-order chi connectivity index (χ1) is 10.1. The topological polar surface area (TPSA) is 91.7 Å². The van der Waals surface area contributed by atoms with Crippen LogP contribution < -0.4 is 0 Å². The lowest BCUT2D eigenvalue weighted by Gasteiger charge is -2.02. The molecule has 0 saturated carbocycles. The third-order valence-electron chi connectivity index (χ3n) is 3.13. The quantitative estimate of drug-likeness (QED) is 0.532. The van der Waals surface area contributed by atoms with E-state index in [1.165, 1.54) is 6.20 Å². The highest BCUT2D eigenvalue weighted by molar-refractivity contribution is 7.08. The second-order valence-electron chi connectivity index (χ2n) is 4.45. The van der Waals surface area contributed by atoms with E-state index in [4.69, 9.17) is 0 Å². The summed E-state index contributed by atoms with van der Waals surface area (Å²) in [4.78, 5) is 14.5. The molecule has 108 valence electrons. The number of imidazole rings is 1. The van der Waals surface area contributed by atoms with E-state index >= 15 is 0 Å². The molecule has 0 saturated heterocycles. The van der Waals surface area contributed by atoms with Gasteiger partial charge in [0.1, 0.15) is 18.4 Å². The smallest absolute Gasteiger partial charge is 0.342 e. The first-order valence-corrected chi connectivity index (χ1v) is 7.18. The zero-order valence-corrected chi connectivity index (χ0v) is 12.0. The van der Waals surface area contributed by atoms with E-state index in [2.05, 4.69) is 15.3 Å². The van der Waals surface area contributed by atoms with Gasteiger partial charge in [0.15, 0.2) is 5.82 Å². The second kappa shape index (κ2) is 5.44. The number of thiophene rings is 1. The van der Waals surface area contributed by atoms with Gasteiger partial charge >= 0.3 is 5.82 Å². The molecule has 0 aromatic carbocycles. The molecule has 21 heavy (non-hydrogen) atoms. The Morgan fingerprint density at radius 1 is 1.43 bits per heavy atom. The molecule has 0 bridgehead atoms. The maximum atomic E-state index is 10.9. The van der Waals surface area contributed by atoms with Crippen LogP contribution in [0.2, 0.25) is 0 Å². The van der Waals surface area contributed by atoms with E-state index in [9.17, 15) is 10.1 Å². The van der Waals surface area contributed by atoms with Gasteiger partial charge in [-0.05, 0) is 16.4 Å². The maximum Gasteiger partial charge on any atom is 0.342 e. The van der Waals surface area contributed by atoms with Gasteiger partial charge < -0.3 is 10.1 Å². The van der Waals surface area contributed by atoms with Crippen LogP contribution in [-0.2, 0) is 13.1 Å².